The Bertz CT molecular complexity index is 378. The third-order valence-electron chi connectivity index (χ3n) is 3.03. The van der Waals surface area contributed by atoms with Crippen molar-refractivity contribution in [1.82, 2.24) is 5.32 Å². The molecule has 86 valence electrons. The van der Waals surface area contributed by atoms with E-state index in [-0.39, 0.29) is 11.9 Å². The van der Waals surface area contributed by atoms with E-state index in [0.29, 0.717) is 6.42 Å². The summed E-state index contributed by atoms with van der Waals surface area (Å²) in [7, 11) is 0. The number of benzene rings is 1. The lowest BCUT2D eigenvalue weighted by Crippen LogP contribution is -2.30. The maximum Gasteiger partial charge on any atom is 0.221 e. The first-order valence-electron chi connectivity index (χ1n) is 5.74. The van der Waals surface area contributed by atoms with Gasteiger partial charge in [-0.15, -0.1) is 0 Å². The summed E-state index contributed by atoms with van der Waals surface area (Å²) in [6, 6.07) is 8.64. The van der Waals surface area contributed by atoms with E-state index in [1.807, 2.05) is 6.07 Å². The molecule has 16 heavy (non-hydrogen) atoms. The first-order chi connectivity index (χ1) is 7.81. The zero-order chi connectivity index (χ0) is 11.4. The third kappa shape index (κ3) is 2.64. The number of fused-ring (bicyclic) bond motifs is 1. The van der Waals surface area contributed by atoms with Gasteiger partial charge in [0.15, 0.2) is 0 Å². The molecule has 0 saturated carbocycles. The Morgan fingerprint density at radius 1 is 1.44 bits per heavy atom. The first kappa shape index (κ1) is 11.6. The van der Waals surface area contributed by atoms with E-state index in [0.717, 1.165) is 24.6 Å². The van der Waals surface area contributed by atoms with Gasteiger partial charge >= 0.3 is 0 Å². The van der Waals surface area contributed by atoms with Gasteiger partial charge in [0, 0.05) is 11.8 Å². The van der Waals surface area contributed by atoms with Gasteiger partial charge in [-0.2, -0.15) is 0 Å². The number of hydrogen-bond donors (Lipinski definition) is 1. The van der Waals surface area contributed by atoms with Crippen molar-refractivity contribution in [3.8, 4) is 0 Å². The van der Waals surface area contributed by atoms with Gasteiger partial charge in [-0.25, -0.2) is 0 Å². The molecule has 0 radical (unpaired) electrons. The van der Waals surface area contributed by atoms with Crippen molar-refractivity contribution in [3.05, 3.63) is 35.4 Å². The topological polar surface area (TPSA) is 29.1 Å². The highest BCUT2D eigenvalue weighted by atomic mass is 79.9. The van der Waals surface area contributed by atoms with Crippen LogP contribution in [0.25, 0.3) is 0 Å². The predicted molar refractivity (Wildman–Crippen MR) is 68.7 cm³/mol. The molecule has 1 aromatic rings. The quantitative estimate of drug-likeness (QED) is 0.848. The fourth-order valence-electron chi connectivity index (χ4n) is 2.26. The van der Waals surface area contributed by atoms with Crippen LogP contribution < -0.4 is 5.32 Å². The number of alkyl halides is 1. The van der Waals surface area contributed by atoms with Crippen LogP contribution in [-0.4, -0.2) is 11.2 Å². The highest BCUT2D eigenvalue weighted by Crippen LogP contribution is 2.29. The fourth-order valence-corrected chi connectivity index (χ4v) is 2.62. The summed E-state index contributed by atoms with van der Waals surface area (Å²) in [6.45, 7) is 0. The lowest BCUT2D eigenvalue weighted by atomic mass is 9.88. The molecule has 0 unspecified atom stereocenters. The molecule has 1 amide bonds. The van der Waals surface area contributed by atoms with E-state index in [9.17, 15) is 4.79 Å². The summed E-state index contributed by atoms with van der Waals surface area (Å²) >= 11 is 3.29. The van der Waals surface area contributed by atoms with Crippen molar-refractivity contribution < 1.29 is 4.79 Å². The van der Waals surface area contributed by atoms with E-state index >= 15 is 0 Å². The molecule has 0 heterocycles. The van der Waals surface area contributed by atoms with Gasteiger partial charge < -0.3 is 5.32 Å². The lowest BCUT2D eigenvalue weighted by molar-refractivity contribution is -0.121. The highest BCUT2D eigenvalue weighted by Gasteiger charge is 2.20. The Morgan fingerprint density at radius 3 is 3.06 bits per heavy atom. The summed E-state index contributed by atoms with van der Waals surface area (Å²) in [5.41, 5.74) is 2.69. The van der Waals surface area contributed by atoms with Crippen LogP contribution in [0.2, 0.25) is 0 Å². The number of hydrogen-bond acceptors (Lipinski definition) is 1. The Hall–Kier alpha value is -0.830. The number of nitrogens with one attached hydrogen (secondary N) is 1. The summed E-state index contributed by atoms with van der Waals surface area (Å²) in [5, 5.41) is 3.84. The van der Waals surface area contributed by atoms with Crippen molar-refractivity contribution in [2.45, 2.75) is 31.7 Å². The van der Waals surface area contributed by atoms with E-state index in [1.54, 1.807) is 0 Å². The smallest absolute Gasteiger partial charge is 0.221 e. The van der Waals surface area contributed by atoms with Crippen LogP contribution in [0.15, 0.2) is 24.3 Å². The van der Waals surface area contributed by atoms with Crippen LogP contribution in [-0.2, 0) is 11.2 Å². The van der Waals surface area contributed by atoms with E-state index < -0.39 is 0 Å². The SMILES string of the molecule is O=C(CCBr)N[C@H]1CCCc2ccccc21. The second kappa shape index (κ2) is 5.48. The summed E-state index contributed by atoms with van der Waals surface area (Å²) in [5.74, 6) is 0.138. The van der Waals surface area contributed by atoms with Crippen molar-refractivity contribution in [3.63, 3.8) is 0 Å². The molecule has 0 fully saturated rings. The monoisotopic (exact) mass is 281 g/mol. The molecule has 1 atom stereocenters. The number of carbonyl (C=O) groups is 1. The van der Waals surface area contributed by atoms with Crippen LogP contribution in [0.3, 0.4) is 0 Å². The van der Waals surface area contributed by atoms with Gasteiger partial charge in [0.05, 0.1) is 6.04 Å². The third-order valence-corrected chi connectivity index (χ3v) is 3.42. The van der Waals surface area contributed by atoms with Crippen LogP contribution in [0.4, 0.5) is 0 Å². The maximum absolute atomic E-state index is 11.6. The van der Waals surface area contributed by atoms with Crippen LogP contribution in [0.1, 0.15) is 36.4 Å². The number of carbonyl (C=O) groups excluding carboxylic acids is 1. The van der Waals surface area contributed by atoms with Crippen LogP contribution >= 0.6 is 15.9 Å². The number of rotatable bonds is 3. The molecule has 1 aliphatic carbocycles. The number of aryl methyl sites for hydroxylation is 1. The van der Waals surface area contributed by atoms with Crippen molar-refractivity contribution in [2.75, 3.05) is 5.33 Å². The molecule has 1 aromatic carbocycles. The summed E-state index contributed by atoms with van der Waals surface area (Å²) in [6.07, 6.45) is 3.92. The standard InChI is InChI=1S/C13H16BrNO/c14-9-8-13(16)15-12-7-3-5-10-4-1-2-6-11(10)12/h1-2,4,6,12H,3,5,7-9H2,(H,15,16)/t12-/m0/s1. The fraction of sp³-hybridized carbons (Fsp3) is 0.462. The molecule has 1 aliphatic rings. The minimum Gasteiger partial charge on any atom is -0.349 e. The van der Waals surface area contributed by atoms with Gasteiger partial charge in [-0.1, -0.05) is 40.2 Å². The minimum atomic E-state index is 0.138. The van der Waals surface area contributed by atoms with Gasteiger partial charge in [0.1, 0.15) is 0 Å². The molecule has 0 bridgehead atoms. The van der Waals surface area contributed by atoms with Gasteiger partial charge in [-0.05, 0) is 30.4 Å². The largest absolute Gasteiger partial charge is 0.349 e. The molecule has 3 heteroatoms. The predicted octanol–water partition coefficient (Wildman–Crippen LogP) is 2.97. The number of halogens is 1. The number of amides is 1. The van der Waals surface area contributed by atoms with Crippen molar-refractivity contribution >= 4 is 21.8 Å². The second-order valence-electron chi connectivity index (χ2n) is 4.15. The second-order valence-corrected chi connectivity index (χ2v) is 4.94. The van der Waals surface area contributed by atoms with E-state index in [1.165, 1.54) is 11.1 Å². The minimum absolute atomic E-state index is 0.138. The lowest BCUT2D eigenvalue weighted by Gasteiger charge is -2.26. The normalized spacial score (nSPS) is 18.9. The molecule has 1 N–H and O–H groups in total. The molecular formula is C13H16BrNO. The molecule has 0 aromatic heterocycles. The van der Waals surface area contributed by atoms with Crippen molar-refractivity contribution in [2.24, 2.45) is 0 Å². The first-order valence-corrected chi connectivity index (χ1v) is 6.86. The van der Waals surface area contributed by atoms with E-state index in [2.05, 4.69) is 39.4 Å². The summed E-state index contributed by atoms with van der Waals surface area (Å²) < 4.78 is 0. The summed E-state index contributed by atoms with van der Waals surface area (Å²) in [4.78, 5) is 11.6. The van der Waals surface area contributed by atoms with Crippen LogP contribution in [0.5, 0.6) is 0 Å². The Kier molecular flexibility index (Phi) is 3.99. The highest BCUT2D eigenvalue weighted by molar-refractivity contribution is 9.09. The van der Waals surface area contributed by atoms with E-state index in [4.69, 9.17) is 0 Å². The molecule has 0 spiro atoms. The molecule has 0 saturated heterocycles. The van der Waals surface area contributed by atoms with Crippen molar-refractivity contribution in [1.29, 1.82) is 0 Å². The zero-order valence-corrected chi connectivity index (χ0v) is 10.8. The van der Waals surface area contributed by atoms with Crippen LogP contribution in [0, 0.1) is 0 Å². The zero-order valence-electron chi connectivity index (χ0n) is 9.21. The average Bonchev–Trinajstić information content (AvgIpc) is 2.30. The molecule has 2 nitrogen and oxygen atoms in total. The van der Waals surface area contributed by atoms with Gasteiger partial charge in [-0.3, -0.25) is 4.79 Å². The Balaban J connectivity index is 2.10. The van der Waals surface area contributed by atoms with Gasteiger partial charge in [0.2, 0.25) is 5.91 Å². The average molecular weight is 282 g/mol. The maximum atomic E-state index is 11.6. The Morgan fingerprint density at radius 2 is 2.25 bits per heavy atom. The Labute approximate surface area is 105 Å². The molecule has 2 rings (SSSR count). The van der Waals surface area contributed by atoms with Gasteiger partial charge in [0.25, 0.3) is 0 Å². The molecular weight excluding hydrogens is 266 g/mol. The molecule has 0 aliphatic heterocycles.